The molecule has 4 rings (SSSR count). The minimum absolute atomic E-state index is 0.344. The molecule has 0 aromatic heterocycles. The van der Waals surface area contributed by atoms with Crippen molar-refractivity contribution in [1.82, 2.24) is 4.90 Å². The van der Waals surface area contributed by atoms with E-state index in [1.165, 1.54) is 12.1 Å². The van der Waals surface area contributed by atoms with Gasteiger partial charge in [-0.25, -0.2) is 8.78 Å². The Bertz CT molecular complexity index is 909. The number of hydrogen-bond donors (Lipinski definition) is 0. The molecule has 1 atom stereocenters. The van der Waals surface area contributed by atoms with Gasteiger partial charge in [0.25, 0.3) is 0 Å². The monoisotopic (exact) mass is 350 g/mol. The molecule has 130 valence electrons. The fourth-order valence-corrected chi connectivity index (χ4v) is 3.02. The molecule has 1 unspecified atom stereocenters. The van der Waals surface area contributed by atoms with E-state index in [2.05, 4.69) is 5.16 Å². The van der Waals surface area contributed by atoms with Crippen LogP contribution in [0.15, 0.2) is 84.0 Å². The zero-order chi connectivity index (χ0) is 17.9. The molecule has 0 fully saturated rings. The quantitative estimate of drug-likeness (QED) is 0.671. The molecular formula is C21H16F2N2O. The summed E-state index contributed by atoms with van der Waals surface area (Å²) in [5.74, 6) is -0.892. The van der Waals surface area contributed by atoms with Gasteiger partial charge in [0, 0.05) is 23.7 Å². The van der Waals surface area contributed by atoms with Crippen LogP contribution in [0, 0.1) is 11.6 Å². The molecule has 0 aliphatic carbocycles. The molecule has 1 heterocycles. The molecule has 0 bridgehead atoms. The van der Waals surface area contributed by atoms with Crippen molar-refractivity contribution in [1.29, 1.82) is 0 Å². The highest BCUT2D eigenvalue weighted by atomic mass is 19.1. The second kappa shape index (κ2) is 6.96. The lowest BCUT2D eigenvalue weighted by molar-refractivity contribution is 0.00583. The third-order valence-electron chi connectivity index (χ3n) is 4.20. The maximum Gasteiger partial charge on any atom is 0.227 e. The second-order valence-corrected chi connectivity index (χ2v) is 6.05. The Morgan fingerprint density at radius 2 is 1.46 bits per heavy atom. The molecule has 3 nitrogen and oxygen atoms in total. The van der Waals surface area contributed by atoms with Crippen molar-refractivity contribution >= 4 is 5.84 Å². The fourth-order valence-electron chi connectivity index (χ4n) is 3.02. The second-order valence-electron chi connectivity index (χ2n) is 6.05. The molecule has 0 saturated heterocycles. The Balaban J connectivity index is 1.72. The number of rotatable bonds is 4. The Hall–Kier alpha value is -3.21. The topological polar surface area (TPSA) is 24.8 Å². The first-order valence-electron chi connectivity index (χ1n) is 8.26. The number of oxime groups is 1. The molecule has 5 heteroatoms. The maximum absolute atomic E-state index is 13.7. The van der Waals surface area contributed by atoms with E-state index in [0.717, 1.165) is 17.2 Å². The molecule has 0 N–H and O–H groups in total. The van der Waals surface area contributed by atoms with Gasteiger partial charge in [-0.15, -0.1) is 0 Å². The van der Waals surface area contributed by atoms with Crippen LogP contribution in [0.5, 0.6) is 0 Å². The van der Waals surface area contributed by atoms with E-state index in [4.69, 9.17) is 4.84 Å². The average Bonchev–Trinajstić information content (AvgIpc) is 3.06. The van der Waals surface area contributed by atoms with Gasteiger partial charge in [0.05, 0.1) is 0 Å². The minimum Gasteiger partial charge on any atom is -0.363 e. The molecule has 3 aromatic carbocycles. The lowest BCUT2D eigenvalue weighted by Crippen LogP contribution is -2.31. The summed E-state index contributed by atoms with van der Waals surface area (Å²) in [5, 5.41) is 4.13. The minimum atomic E-state index is -0.648. The van der Waals surface area contributed by atoms with Gasteiger partial charge < -0.3 is 9.74 Å². The van der Waals surface area contributed by atoms with E-state index in [-0.39, 0.29) is 0 Å². The van der Waals surface area contributed by atoms with Crippen LogP contribution >= 0.6 is 0 Å². The largest absolute Gasteiger partial charge is 0.363 e. The number of amidine groups is 1. The van der Waals surface area contributed by atoms with Gasteiger partial charge in [0.2, 0.25) is 6.23 Å². The van der Waals surface area contributed by atoms with Gasteiger partial charge in [0.1, 0.15) is 11.6 Å². The lowest BCUT2D eigenvalue weighted by atomic mass is 10.1. The number of hydrogen-bond acceptors (Lipinski definition) is 3. The molecule has 0 radical (unpaired) electrons. The normalized spacial score (nSPS) is 16.3. The first-order chi connectivity index (χ1) is 12.7. The van der Waals surface area contributed by atoms with Gasteiger partial charge in [-0.3, -0.25) is 0 Å². The molecular weight excluding hydrogens is 334 g/mol. The van der Waals surface area contributed by atoms with Crippen molar-refractivity contribution < 1.29 is 13.6 Å². The number of benzene rings is 3. The van der Waals surface area contributed by atoms with Crippen LogP contribution < -0.4 is 0 Å². The average molecular weight is 350 g/mol. The van der Waals surface area contributed by atoms with E-state index in [9.17, 15) is 8.78 Å². The predicted molar refractivity (Wildman–Crippen MR) is 95.1 cm³/mol. The van der Waals surface area contributed by atoms with Crippen LogP contribution in [0.4, 0.5) is 8.78 Å². The predicted octanol–water partition coefficient (Wildman–Crippen LogP) is 4.86. The molecule has 1 aliphatic heterocycles. The van der Waals surface area contributed by atoms with E-state index < -0.39 is 17.9 Å². The van der Waals surface area contributed by atoms with Crippen molar-refractivity contribution in [2.75, 3.05) is 0 Å². The number of nitrogens with zero attached hydrogens (tertiary/aromatic N) is 2. The maximum atomic E-state index is 13.7. The SMILES string of the molecule is Fc1cc(F)cc(C2=NOC(c3ccccc3)N2Cc2ccccc2)c1. The Labute approximate surface area is 150 Å². The van der Waals surface area contributed by atoms with E-state index in [1.807, 2.05) is 65.6 Å². The molecule has 1 aliphatic rings. The Morgan fingerprint density at radius 1 is 0.846 bits per heavy atom. The molecule has 0 saturated carbocycles. The smallest absolute Gasteiger partial charge is 0.227 e. The summed E-state index contributed by atoms with van der Waals surface area (Å²) >= 11 is 0. The lowest BCUT2D eigenvalue weighted by Gasteiger charge is -2.25. The highest BCUT2D eigenvalue weighted by Gasteiger charge is 2.32. The van der Waals surface area contributed by atoms with Crippen LogP contribution in [-0.4, -0.2) is 10.7 Å². The molecule has 26 heavy (non-hydrogen) atoms. The van der Waals surface area contributed by atoms with Gasteiger partial charge in [0.15, 0.2) is 5.84 Å². The van der Waals surface area contributed by atoms with Crippen LogP contribution in [0.25, 0.3) is 0 Å². The third kappa shape index (κ3) is 3.28. The number of halogens is 2. The molecule has 0 amide bonds. The zero-order valence-electron chi connectivity index (χ0n) is 13.8. The summed E-state index contributed by atoms with van der Waals surface area (Å²) in [4.78, 5) is 7.54. The Morgan fingerprint density at radius 3 is 2.12 bits per heavy atom. The first-order valence-corrected chi connectivity index (χ1v) is 8.26. The van der Waals surface area contributed by atoms with E-state index in [0.29, 0.717) is 17.9 Å². The van der Waals surface area contributed by atoms with Crippen LogP contribution in [0.3, 0.4) is 0 Å². The summed E-state index contributed by atoms with van der Waals surface area (Å²) in [7, 11) is 0. The summed E-state index contributed by atoms with van der Waals surface area (Å²) in [5.41, 5.74) is 2.31. The first kappa shape index (κ1) is 16.3. The van der Waals surface area contributed by atoms with Crippen molar-refractivity contribution in [2.24, 2.45) is 5.16 Å². The van der Waals surface area contributed by atoms with Gasteiger partial charge in [-0.05, 0) is 17.7 Å². The van der Waals surface area contributed by atoms with Crippen LogP contribution in [0.2, 0.25) is 0 Å². The fraction of sp³-hybridized carbons (Fsp3) is 0.0952. The highest BCUT2D eigenvalue weighted by Crippen LogP contribution is 2.32. The summed E-state index contributed by atoms with van der Waals surface area (Å²) in [6, 6.07) is 22.8. The molecule has 3 aromatic rings. The van der Waals surface area contributed by atoms with Crippen molar-refractivity contribution in [2.45, 2.75) is 12.8 Å². The summed E-state index contributed by atoms with van der Waals surface area (Å²) < 4.78 is 27.4. The van der Waals surface area contributed by atoms with Crippen molar-refractivity contribution in [3.63, 3.8) is 0 Å². The van der Waals surface area contributed by atoms with E-state index >= 15 is 0 Å². The summed E-state index contributed by atoms with van der Waals surface area (Å²) in [6.07, 6.45) is -0.460. The summed E-state index contributed by atoms with van der Waals surface area (Å²) in [6.45, 7) is 0.497. The highest BCUT2D eigenvalue weighted by molar-refractivity contribution is 5.99. The van der Waals surface area contributed by atoms with Gasteiger partial charge >= 0.3 is 0 Å². The van der Waals surface area contributed by atoms with Crippen LogP contribution in [0.1, 0.15) is 22.9 Å². The molecule has 0 spiro atoms. The van der Waals surface area contributed by atoms with Gasteiger partial charge in [-0.1, -0.05) is 65.8 Å². The zero-order valence-corrected chi connectivity index (χ0v) is 13.8. The van der Waals surface area contributed by atoms with Crippen molar-refractivity contribution in [3.05, 3.63) is 107 Å². The van der Waals surface area contributed by atoms with E-state index in [1.54, 1.807) is 0 Å². The van der Waals surface area contributed by atoms with Crippen molar-refractivity contribution in [3.8, 4) is 0 Å². The van der Waals surface area contributed by atoms with Crippen LogP contribution in [-0.2, 0) is 11.4 Å². The Kier molecular flexibility index (Phi) is 4.35. The standard InChI is InChI=1S/C21H16F2N2O/c22-18-11-17(12-19(23)13-18)20-24-26-21(16-9-5-2-6-10-16)25(20)14-15-7-3-1-4-8-15/h1-13,21H,14H2. The van der Waals surface area contributed by atoms with Gasteiger partial charge in [-0.2, -0.15) is 0 Å². The third-order valence-corrected chi connectivity index (χ3v) is 4.20.